The Hall–Kier alpha value is -1.86. The lowest BCUT2D eigenvalue weighted by atomic mass is 10.1. The number of rotatable bonds is 4. The zero-order chi connectivity index (χ0) is 17.6. The zero-order valence-electron chi connectivity index (χ0n) is 11.9. The van der Waals surface area contributed by atoms with Gasteiger partial charge in [0.25, 0.3) is 5.56 Å². The number of aliphatic hydroxyl groups excluding tert-OH is 2. The van der Waals surface area contributed by atoms with Gasteiger partial charge in [0.15, 0.2) is 17.4 Å². The van der Waals surface area contributed by atoms with Crippen LogP contribution in [0.15, 0.2) is 11.1 Å². The quantitative estimate of drug-likeness (QED) is 0.311. The number of aromatic nitrogens is 4. The van der Waals surface area contributed by atoms with Crippen molar-refractivity contribution in [2.45, 2.75) is 24.5 Å². The number of nitrogen functional groups attached to an aromatic ring is 1. The first kappa shape index (κ1) is 17.0. The number of nitrogens with two attached hydrogens (primary N) is 1. The Bertz CT molecular complexity index is 861. The minimum Gasteiger partial charge on any atom is -0.394 e. The number of imidazole rings is 1. The van der Waals surface area contributed by atoms with Crippen molar-refractivity contribution < 1.29 is 33.8 Å². The number of hydrogen-bond donors (Lipinski definition) is 6. The molecule has 0 spiro atoms. The number of aromatic amines is 1. The molecule has 1 saturated heterocycles. The van der Waals surface area contributed by atoms with Crippen molar-refractivity contribution in [2.75, 3.05) is 12.3 Å². The molecule has 1 aliphatic rings. The first-order valence-electron chi connectivity index (χ1n) is 6.62. The average Bonchev–Trinajstić information content (AvgIpc) is 3.00. The van der Waals surface area contributed by atoms with E-state index in [9.17, 15) is 19.6 Å². The molecule has 0 aromatic carbocycles. The SMILES string of the molecule is Nc1nc2c(ncn2[C@@H]2O[C@@H](CO)[C@@H](OP(=O)(O)O)[C@H]2O)c(=O)[nH]1. The Kier molecular flexibility index (Phi) is 4.17. The minimum atomic E-state index is -4.94. The molecule has 0 unspecified atom stereocenters. The molecule has 0 saturated carbocycles. The Morgan fingerprint density at radius 2 is 2.21 bits per heavy atom. The van der Waals surface area contributed by atoms with Crippen molar-refractivity contribution in [1.29, 1.82) is 0 Å². The number of fused-ring (bicyclic) bond motifs is 1. The van der Waals surface area contributed by atoms with Crippen LogP contribution in [0.1, 0.15) is 6.23 Å². The molecule has 1 fully saturated rings. The fraction of sp³-hybridized carbons (Fsp3) is 0.500. The number of ether oxygens (including phenoxy) is 1. The number of H-pyrrole nitrogens is 1. The first-order chi connectivity index (χ1) is 11.2. The summed E-state index contributed by atoms with van der Waals surface area (Å²) < 4.78 is 22.0. The van der Waals surface area contributed by atoms with E-state index in [1.54, 1.807) is 0 Å². The monoisotopic (exact) mass is 363 g/mol. The Balaban J connectivity index is 2.01. The smallest absolute Gasteiger partial charge is 0.394 e. The summed E-state index contributed by atoms with van der Waals surface area (Å²) in [7, 11) is -4.94. The van der Waals surface area contributed by atoms with Crippen LogP contribution in [0.2, 0.25) is 0 Å². The second-order valence-corrected chi connectivity index (χ2v) is 6.27. The Morgan fingerprint density at radius 1 is 1.50 bits per heavy atom. The van der Waals surface area contributed by atoms with Crippen molar-refractivity contribution in [3.8, 4) is 0 Å². The van der Waals surface area contributed by atoms with Gasteiger partial charge in [-0.2, -0.15) is 4.98 Å². The van der Waals surface area contributed by atoms with E-state index in [1.165, 1.54) is 0 Å². The molecular formula is C10H14N5O8P. The summed E-state index contributed by atoms with van der Waals surface area (Å²) in [4.78, 5) is 39.6. The standard InChI is InChI=1S/C10H14N5O8P/c11-10-13-7-4(8(18)14-10)12-2-15(7)9-5(17)6(3(1-16)22-9)23-24(19,20)21/h2-3,5-6,9,16-17H,1H2,(H2,19,20,21)(H3,11,13,14,18)/t3-,5+,6+,9+/m0/s1. The lowest BCUT2D eigenvalue weighted by molar-refractivity contribution is -0.0509. The highest BCUT2D eigenvalue weighted by molar-refractivity contribution is 7.46. The highest BCUT2D eigenvalue weighted by Gasteiger charge is 2.48. The van der Waals surface area contributed by atoms with Crippen molar-refractivity contribution in [2.24, 2.45) is 0 Å². The van der Waals surface area contributed by atoms with Crippen LogP contribution in [-0.2, 0) is 13.8 Å². The molecule has 132 valence electrons. The fourth-order valence-corrected chi connectivity index (χ4v) is 3.09. The Morgan fingerprint density at radius 3 is 2.83 bits per heavy atom. The number of hydrogen-bond acceptors (Lipinski definition) is 9. The van der Waals surface area contributed by atoms with Gasteiger partial charge in [-0.25, -0.2) is 9.55 Å². The van der Waals surface area contributed by atoms with Gasteiger partial charge in [-0.15, -0.1) is 0 Å². The van der Waals surface area contributed by atoms with E-state index in [0.29, 0.717) is 0 Å². The molecular weight excluding hydrogens is 349 g/mol. The van der Waals surface area contributed by atoms with Gasteiger partial charge in [0, 0.05) is 0 Å². The van der Waals surface area contributed by atoms with E-state index in [1.807, 2.05) is 0 Å². The summed E-state index contributed by atoms with van der Waals surface area (Å²) in [5.74, 6) is -0.191. The van der Waals surface area contributed by atoms with Gasteiger partial charge in [0.2, 0.25) is 5.95 Å². The van der Waals surface area contributed by atoms with Crippen molar-refractivity contribution in [3.63, 3.8) is 0 Å². The second-order valence-electron chi connectivity index (χ2n) is 5.07. The predicted octanol–water partition coefficient (Wildman–Crippen LogP) is -2.57. The molecule has 2 aromatic rings. The van der Waals surface area contributed by atoms with E-state index < -0.39 is 44.5 Å². The summed E-state index contributed by atoms with van der Waals surface area (Å²) in [6, 6.07) is 0. The first-order valence-corrected chi connectivity index (χ1v) is 8.15. The molecule has 3 rings (SSSR count). The lowest BCUT2D eigenvalue weighted by Gasteiger charge is -2.20. The van der Waals surface area contributed by atoms with Gasteiger partial charge < -0.3 is 30.5 Å². The maximum Gasteiger partial charge on any atom is 0.470 e. The summed E-state index contributed by atoms with van der Waals surface area (Å²) >= 11 is 0. The van der Waals surface area contributed by atoms with E-state index in [0.717, 1.165) is 10.9 Å². The molecule has 24 heavy (non-hydrogen) atoms. The lowest BCUT2D eigenvalue weighted by Crippen LogP contribution is -2.35. The molecule has 14 heteroatoms. The van der Waals surface area contributed by atoms with Crippen LogP contribution >= 0.6 is 7.82 Å². The second kappa shape index (κ2) is 5.89. The van der Waals surface area contributed by atoms with Crippen LogP contribution in [0.4, 0.5) is 5.95 Å². The van der Waals surface area contributed by atoms with Crippen LogP contribution < -0.4 is 11.3 Å². The maximum atomic E-state index is 11.8. The highest BCUT2D eigenvalue weighted by atomic mass is 31.2. The van der Waals surface area contributed by atoms with Crippen LogP contribution in [0.5, 0.6) is 0 Å². The number of nitrogens with one attached hydrogen (secondary N) is 1. The average molecular weight is 363 g/mol. The molecule has 7 N–H and O–H groups in total. The predicted molar refractivity (Wildman–Crippen MR) is 76.5 cm³/mol. The molecule has 3 heterocycles. The van der Waals surface area contributed by atoms with Crippen LogP contribution in [0.25, 0.3) is 11.2 Å². The van der Waals surface area contributed by atoms with Gasteiger partial charge in [-0.3, -0.25) is 18.9 Å². The molecule has 13 nitrogen and oxygen atoms in total. The summed E-state index contributed by atoms with van der Waals surface area (Å²) in [6.07, 6.45) is -4.40. The third-order valence-corrected chi connectivity index (χ3v) is 3.99. The Labute approximate surface area is 132 Å². The van der Waals surface area contributed by atoms with Crippen LogP contribution in [-0.4, -0.2) is 64.4 Å². The topological polar surface area (TPSA) is 206 Å². The largest absolute Gasteiger partial charge is 0.470 e. The van der Waals surface area contributed by atoms with Gasteiger partial charge >= 0.3 is 7.82 Å². The van der Waals surface area contributed by atoms with E-state index in [-0.39, 0.29) is 17.1 Å². The minimum absolute atomic E-state index is 0.00572. The van der Waals surface area contributed by atoms with Crippen LogP contribution in [0, 0.1) is 0 Å². The molecule has 0 bridgehead atoms. The normalized spacial score (nSPS) is 27.8. The number of phosphoric acid groups is 1. The van der Waals surface area contributed by atoms with Crippen molar-refractivity contribution in [3.05, 3.63) is 16.7 Å². The molecule has 1 aliphatic heterocycles. The molecule has 2 aromatic heterocycles. The number of nitrogens with zero attached hydrogens (tertiary/aromatic N) is 3. The van der Waals surface area contributed by atoms with Gasteiger partial charge in [-0.1, -0.05) is 0 Å². The summed E-state index contributed by atoms with van der Waals surface area (Å²) in [5.41, 5.74) is 4.79. The third kappa shape index (κ3) is 2.93. The zero-order valence-corrected chi connectivity index (χ0v) is 12.8. The number of aliphatic hydroxyl groups is 2. The van der Waals surface area contributed by atoms with Gasteiger partial charge in [0.1, 0.15) is 18.3 Å². The summed E-state index contributed by atoms with van der Waals surface area (Å²) in [6.45, 7) is -0.666. The molecule has 0 radical (unpaired) electrons. The van der Waals surface area contributed by atoms with Crippen molar-refractivity contribution in [1.82, 2.24) is 19.5 Å². The highest BCUT2D eigenvalue weighted by Crippen LogP contribution is 2.43. The maximum absolute atomic E-state index is 11.8. The molecule has 4 atom stereocenters. The number of phosphoric ester groups is 1. The van der Waals surface area contributed by atoms with Crippen molar-refractivity contribution >= 4 is 24.9 Å². The van der Waals surface area contributed by atoms with Gasteiger partial charge in [-0.05, 0) is 0 Å². The fourth-order valence-electron chi connectivity index (χ4n) is 2.51. The molecule has 0 amide bonds. The van der Waals surface area contributed by atoms with Crippen LogP contribution in [0.3, 0.4) is 0 Å². The van der Waals surface area contributed by atoms with E-state index >= 15 is 0 Å². The van der Waals surface area contributed by atoms with E-state index in [4.69, 9.17) is 20.3 Å². The van der Waals surface area contributed by atoms with Gasteiger partial charge in [0.05, 0.1) is 12.9 Å². The summed E-state index contributed by atoms with van der Waals surface area (Å²) in [5, 5.41) is 19.6. The molecule has 0 aliphatic carbocycles. The van der Waals surface area contributed by atoms with E-state index in [2.05, 4.69) is 19.5 Å². The third-order valence-electron chi connectivity index (χ3n) is 3.47. The number of anilines is 1.